The molecule has 1 heterocycles. The molecule has 0 amide bonds. The Bertz CT molecular complexity index is 1070. The number of ether oxygens (including phenoxy) is 2. The largest absolute Gasteiger partial charge is 0.494 e. The zero-order valence-corrected chi connectivity index (χ0v) is 16.4. The molecule has 1 aromatic heterocycles. The average Bonchev–Trinajstić information content (AvgIpc) is 2.69. The first-order valence-corrected chi connectivity index (χ1v) is 8.72. The normalized spacial score (nSPS) is 10.9. The molecule has 0 aliphatic heterocycles. The van der Waals surface area contributed by atoms with Crippen molar-refractivity contribution in [2.24, 2.45) is 5.10 Å². The van der Waals surface area contributed by atoms with Gasteiger partial charge in [-0.05, 0) is 6.07 Å². The lowest BCUT2D eigenvalue weighted by Gasteiger charge is -2.12. The van der Waals surface area contributed by atoms with Crippen molar-refractivity contribution in [1.29, 1.82) is 0 Å². The Morgan fingerprint density at radius 3 is 2.46 bits per heavy atom. The van der Waals surface area contributed by atoms with Crippen LogP contribution in [-0.2, 0) is 0 Å². The van der Waals surface area contributed by atoms with Gasteiger partial charge in [-0.15, -0.1) is 10.2 Å². The van der Waals surface area contributed by atoms with Gasteiger partial charge in [0.25, 0.3) is 5.56 Å². The van der Waals surface area contributed by atoms with Gasteiger partial charge in [-0.2, -0.15) is 5.10 Å². The van der Waals surface area contributed by atoms with Crippen molar-refractivity contribution in [1.82, 2.24) is 15.2 Å². The van der Waals surface area contributed by atoms with Gasteiger partial charge in [-0.1, -0.05) is 53.5 Å². The lowest BCUT2D eigenvalue weighted by molar-refractivity contribution is 0.394. The Morgan fingerprint density at radius 1 is 1.11 bits per heavy atom. The number of nitrogens with zero attached hydrogens (tertiary/aromatic N) is 3. The van der Waals surface area contributed by atoms with Gasteiger partial charge < -0.3 is 9.47 Å². The molecule has 3 rings (SSSR count). The predicted molar refractivity (Wildman–Crippen MR) is 109 cm³/mol. The van der Waals surface area contributed by atoms with Crippen LogP contribution >= 0.6 is 23.2 Å². The van der Waals surface area contributed by atoms with E-state index in [1.165, 1.54) is 20.4 Å². The third kappa shape index (κ3) is 4.08. The van der Waals surface area contributed by atoms with E-state index in [1.807, 2.05) is 18.2 Å². The Hall–Kier alpha value is -3.10. The molecular formula is C18H15Cl2N5O3. The van der Waals surface area contributed by atoms with Crippen LogP contribution in [0.4, 0.5) is 5.95 Å². The van der Waals surface area contributed by atoms with Gasteiger partial charge in [0.15, 0.2) is 11.4 Å². The molecule has 0 spiro atoms. The molecule has 8 nitrogen and oxygen atoms in total. The zero-order valence-electron chi connectivity index (χ0n) is 14.9. The summed E-state index contributed by atoms with van der Waals surface area (Å²) in [7, 11) is 2.92. The molecule has 0 atom stereocenters. The highest BCUT2D eigenvalue weighted by Crippen LogP contribution is 2.41. The number of benzene rings is 2. The first kappa shape index (κ1) is 19.7. The van der Waals surface area contributed by atoms with E-state index in [-0.39, 0.29) is 16.7 Å². The summed E-state index contributed by atoms with van der Waals surface area (Å²) in [4.78, 5) is 14.8. The number of hydrogen-bond donors (Lipinski definition) is 2. The van der Waals surface area contributed by atoms with Crippen LogP contribution in [0.15, 0.2) is 46.3 Å². The van der Waals surface area contributed by atoms with Crippen molar-refractivity contribution < 1.29 is 9.47 Å². The van der Waals surface area contributed by atoms with Gasteiger partial charge in [-0.25, -0.2) is 5.43 Å². The van der Waals surface area contributed by atoms with Crippen LogP contribution in [0, 0.1) is 0 Å². The molecule has 144 valence electrons. The number of hydrogen-bond acceptors (Lipinski definition) is 7. The highest BCUT2D eigenvalue weighted by atomic mass is 35.5. The van der Waals surface area contributed by atoms with E-state index >= 15 is 0 Å². The summed E-state index contributed by atoms with van der Waals surface area (Å²) in [6, 6.07) is 10.6. The van der Waals surface area contributed by atoms with Crippen LogP contribution in [0.25, 0.3) is 11.3 Å². The van der Waals surface area contributed by atoms with Crippen molar-refractivity contribution in [2.45, 2.75) is 0 Å². The minimum Gasteiger partial charge on any atom is -0.494 e. The number of halogens is 2. The molecule has 3 aromatic rings. The minimum absolute atomic E-state index is 0.0746. The first-order chi connectivity index (χ1) is 13.5. The van der Waals surface area contributed by atoms with Gasteiger partial charge in [-0.3, -0.25) is 9.78 Å². The number of rotatable bonds is 6. The molecule has 0 saturated heterocycles. The Labute approximate surface area is 170 Å². The molecule has 0 unspecified atom stereocenters. The standard InChI is InChI=1S/C18H15Cl2N5O3/c1-27-15-11(8-12(19)16(28-2)13(15)20)9-21-24-18-22-17(26)14(23-25-18)10-6-4-3-5-7-10/h3-9H,1-2H3,(H2,22,24,25,26)/b21-9+. The van der Waals surface area contributed by atoms with E-state index in [0.717, 1.165) is 0 Å². The van der Waals surface area contributed by atoms with E-state index in [2.05, 4.69) is 25.7 Å². The summed E-state index contributed by atoms with van der Waals surface area (Å²) in [6.45, 7) is 0. The lowest BCUT2D eigenvalue weighted by Crippen LogP contribution is -2.15. The number of hydrazone groups is 1. The topological polar surface area (TPSA) is 101 Å². The Morgan fingerprint density at radius 2 is 1.82 bits per heavy atom. The molecule has 2 aromatic carbocycles. The minimum atomic E-state index is -0.396. The van der Waals surface area contributed by atoms with Crippen LogP contribution in [0.2, 0.25) is 10.0 Å². The molecule has 2 N–H and O–H groups in total. The number of aromatic nitrogens is 3. The van der Waals surface area contributed by atoms with Gasteiger partial charge in [0.1, 0.15) is 10.8 Å². The van der Waals surface area contributed by atoms with Crippen LogP contribution in [0.3, 0.4) is 0 Å². The maximum atomic E-state index is 12.2. The van der Waals surface area contributed by atoms with Crippen LogP contribution in [0.1, 0.15) is 5.56 Å². The highest BCUT2D eigenvalue weighted by Gasteiger charge is 2.16. The fourth-order valence-electron chi connectivity index (χ4n) is 2.43. The van der Waals surface area contributed by atoms with Crippen LogP contribution in [-0.4, -0.2) is 35.6 Å². The molecule has 0 radical (unpaired) electrons. The molecule has 0 aliphatic carbocycles. The third-order valence-corrected chi connectivity index (χ3v) is 4.31. The van der Waals surface area contributed by atoms with E-state index in [9.17, 15) is 4.79 Å². The average molecular weight is 420 g/mol. The van der Waals surface area contributed by atoms with Gasteiger partial charge >= 0.3 is 0 Å². The first-order valence-electron chi connectivity index (χ1n) is 7.96. The van der Waals surface area contributed by atoms with E-state index < -0.39 is 5.56 Å². The molecule has 0 aliphatic rings. The smallest absolute Gasteiger partial charge is 0.279 e. The number of H-pyrrole nitrogens is 1. The van der Waals surface area contributed by atoms with Crippen molar-refractivity contribution >= 4 is 35.4 Å². The Kier molecular flexibility index (Phi) is 6.13. The van der Waals surface area contributed by atoms with Crippen molar-refractivity contribution in [3.63, 3.8) is 0 Å². The molecule has 0 fully saturated rings. The summed E-state index contributed by atoms with van der Waals surface area (Å²) in [5.74, 6) is 0.718. The monoisotopic (exact) mass is 419 g/mol. The summed E-state index contributed by atoms with van der Waals surface area (Å²) in [6.07, 6.45) is 1.42. The summed E-state index contributed by atoms with van der Waals surface area (Å²) >= 11 is 12.4. The van der Waals surface area contributed by atoms with Crippen molar-refractivity contribution in [3.05, 3.63) is 62.4 Å². The van der Waals surface area contributed by atoms with E-state index in [1.54, 1.807) is 18.2 Å². The quantitative estimate of drug-likeness (QED) is 0.467. The van der Waals surface area contributed by atoms with Crippen LogP contribution in [0.5, 0.6) is 11.5 Å². The van der Waals surface area contributed by atoms with E-state index in [0.29, 0.717) is 27.6 Å². The van der Waals surface area contributed by atoms with E-state index in [4.69, 9.17) is 32.7 Å². The second kappa shape index (κ2) is 8.73. The van der Waals surface area contributed by atoms with Gasteiger partial charge in [0, 0.05) is 11.1 Å². The molecule has 0 bridgehead atoms. The predicted octanol–water partition coefficient (Wildman–Crippen LogP) is 3.60. The zero-order chi connectivity index (χ0) is 20.1. The fraction of sp³-hybridized carbons (Fsp3) is 0.111. The van der Waals surface area contributed by atoms with Gasteiger partial charge in [0.2, 0.25) is 5.95 Å². The highest BCUT2D eigenvalue weighted by molar-refractivity contribution is 6.38. The number of aromatic amines is 1. The number of methoxy groups -OCH3 is 2. The maximum absolute atomic E-state index is 12.2. The second-order valence-corrected chi connectivity index (χ2v) is 6.20. The second-order valence-electron chi connectivity index (χ2n) is 5.42. The van der Waals surface area contributed by atoms with Crippen LogP contribution < -0.4 is 20.5 Å². The number of anilines is 1. The third-order valence-electron chi connectivity index (χ3n) is 3.69. The summed E-state index contributed by atoms with van der Waals surface area (Å²) in [5, 5.41) is 12.4. The molecule has 0 saturated carbocycles. The fourth-order valence-corrected chi connectivity index (χ4v) is 3.13. The lowest BCUT2D eigenvalue weighted by atomic mass is 10.2. The molecular weight excluding hydrogens is 405 g/mol. The Balaban J connectivity index is 1.82. The van der Waals surface area contributed by atoms with Crippen molar-refractivity contribution in [2.75, 3.05) is 19.6 Å². The summed E-state index contributed by atoms with van der Waals surface area (Å²) in [5.41, 5.74) is 3.58. The van der Waals surface area contributed by atoms with Crippen molar-refractivity contribution in [3.8, 4) is 22.8 Å². The maximum Gasteiger partial charge on any atom is 0.279 e. The molecule has 10 heteroatoms. The SMILES string of the molecule is COc1c(Cl)cc(/C=N/Nc2nnc(-c3ccccc3)c(=O)[nH]2)c(OC)c1Cl. The molecule has 28 heavy (non-hydrogen) atoms. The van der Waals surface area contributed by atoms with Gasteiger partial charge in [0.05, 0.1) is 25.5 Å². The number of nitrogens with one attached hydrogen (secondary N) is 2. The summed E-state index contributed by atoms with van der Waals surface area (Å²) < 4.78 is 10.4.